The molecule has 0 unspecified atom stereocenters. The van der Waals surface area contributed by atoms with E-state index < -0.39 is 6.10 Å². The maximum atomic E-state index is 12.8. The Balaban J connectivity index is 1.13. The lowest BCUT2D eigenvalue weighted by Crippen LogP contribution is -2.49. The van der Waals surface area contributed by atoms with Crippen LogP contribution in [0.1, 0.15) is 41.6 Å². The van der Waals surface area contributed by atoms with Crippen LogP contribution in [-0.4, -0.2) is 77.0 Å². The number of benzene rings is 2. The number of hydrogen-bond donors (Lipinski definition) is 2. The molecule has 1 spiro atoms. The number of fused-ring (bicyclic) bond motifs is 1. The fraction of sp³-hybridized carbons (Fsp3) is 0.500. The van der Waals surface area contributed by atoms with Gasteiger partial charge in [-0.05, 0) is 48.7 Å². The average Bonchev–Trinajstić information content (AvgIpc) is 3.47. The summed E-state index contributed by atoms with van der Waals surface area (Å²) in [4.78, 5) is 16.9. The van der Waals surface area contributed by atoms with Crippen LogP contribution in [0.4, 0.5) is 0 Å². The summed E-state index contributed by atoms with van der Waals surface area (Å²) in [5, 5.41) is 21.3. The number of halogens is 1. The first-order valence-electron chi connectivity index (χ1n) is 12.0. The number of rotatable bonds is 6. The molecular formula is C26H31ClN2O5. The van der Waals surface area contributed by atoms with E-state index in [9.17, 15) is 15.0 Å². The molecule has 2 aromatic carbocycles. The number of aromatic hydroxyl groups is 1. The van der Waals surface area contributed by atoms with Gasteiger partial charge in [0, 0.05) is 63.1 Å². The van der Waals surface area contributed by atoms with E-state index in [0.717, 1.165) is 69.1 Å². The second-order valence-corrected chi connectivity index (χ2v) is 10.1. The molecule has 0 bridgehead atoms. The van der Waals surface area contributed by atoms with Crippen LogP contribution in [0.5, 0.6) is 17.2 Å². The fourth-order valence-electron chi connectivity index (χ4n) is 5.26. The lowest BCUT2D eigenvalue weighted by Gasteiger charge is -2.39. The quantitative estimate of drug-likeness (QED) is 0.650. The van der Waals surface area contributed by atoms with Gasteiger partial charge in [-0.2, -0.15) is 0 Å². The van der Waals surface area contributed by atoms with Crippen molar-refractivity contribution >= 4 is 17.5 Å². The summed E-state index contributed by atoms with van der Waals surface area (Å²) < 4.78 is 12.1. The van der Waals surface area contributed by atoms with Crippen LogP contribution in [0.3, 0.4) is 0 Å². The summed E-state index contributed by atoms with van der Waals surface area (Å²) in [5.41, 5.74) is 1.40. The number of ether oxygens (including phenoxy) is 2. The molecule has 2 saturated heterocycles. The predicted octanol–water partition coefficient (Wildman–Crippen LogP) is 3.49. The summed E-state index contributed by atoms with van der Waals surface area (Å²) in [7, 11) is 0. The number of carbonyl (C=O) groups is 1. The molecule has 5 rings (SSSR count). The summed E-state index contributed by atoms with van der Waals surface area (Å²) >= 11 is 6.14. The van der Waals surface area contributed by atoms with E-state index in [0.29, 0.717) is 17.9 Å². The van der Waals surface area contributed by atoms with Crippen molar-refractivity contribution in [2.75, 3.05) is 39.3 Å². The summed E-state index contributed by atoms with van der Waals surface area (Å²) in [5.74, 6) is 1.17. The van der Waals surface area contributed by atoms with Crippen LogP contribution in [0, 0.1) is 0 Å². The van der Waals surface area contributed by atoms with E-state index in [2.05, 4.69) is 4.90 Å². The van der Waals surface area contributed by atoms with Gasteiger partial charge >= 0.3 is 0 Å². The van der Waals surface area contributed by atoms with Gasteiger partial charge in [-0.1, -0.05) is 11.6 Å². The van der Waals surface area contributed by atoms with Gasteiger partial charge in [-0.15, -0.1) is 0 Å². The van der Waals surface area contributed by atoms with Gasteiger partial charge in [0.15, 0.2) is 0 Å². The third-order valence-corrected chi connectivity index (χ3v) is 7.35. The monoisotopic (exact) mass is 486 g/mol. The number of phenolic OH excluding ortho intramolecular Hbond substituents is 1. The van der Waals surface area contributed by atoms with Gasteiger partial charge in [0.1, 0.15) is 35.6 Å². The molecule has 0 saturated carbocycles. The maximum Gasteiger partial charge on any atom is 0.257 e. The third kappa shape index (κ3) is 4.97. The number of nitrogens with zero attached hydrogens (tertiary/aromatic N) is 2. The van der Waals surface area contributed by atoms with E-state index >= 15 is 0 Å². The van der Waals surface area contributed by atoms with Crippen LogP contribution in [0.25, 0.3) is 0 Å². The van der Waals surface area contributed by atoms with E-state index in [1.54, 1.807) is 11.0 Å². The smallest absolute Gasteiger partial charge is 0.257 e. The summed E-state index contributed by atoms with van der Waals surface area (Å²) in [6.07, 6.45) is 3.92. The minimum absolute atomic E-state index is 0.0302. The number of likely N-dealkylation sites (tertiary alicyclic amines) is 2. The Bertz CT molecular complexity index is 1050. The van der Waals surface area contributed by atoms with Crippen molar-refractivity contribution in [3.05, 3.63) is 52.5 Å². The van der Waals surface area contributed by atoms with Gasteiger partial charge in [0.05, 0.1) is 5.56 Å². The number of aliphatic hydroxyl groups excluding tert-OH is 1. The molecule has 34 heavy (non-hydrogen) atoms. The Hall–Kier alpha value is -2.48. The molecule has 1 atom stereocenters. The molecule has 7 nitrogen and oxygen atoms in total. The Morgan fingerprint density at radius 2 is 1.88 bits per heavy atom. The Labute approximate surface area is 204 Å². The van der Waals surface area contributed by atoms with Gasteiger partial charge in [-0.3, -0.25) is 4.79 Å². The van der Waals surface area contributed by atoms with Gasteiger partial charge < -0.3 is 29.5 Å². The highest BCUT2D eigenvalue weighted by Crippen LogP contribution is 2.42. The molecule has 2 aromatic rings. The molecule has 3 aliphatic heterocycles. The average molecular weight is 487 g/mol. The minimum Gasteiger partial charge on any atom is -0.508 e. The van der Waals surface area contributed by atoms with Crippen molar-refractivity contribution in [1.29, 1.82) is 0 Å². The van der Waals surface area contributed by atoms with Gasteiger partial charge in [0.25, 0.3) is 5.91 Å². The number of hydrogen-bond acceptors (Lipinski definition) is 6. The lowest BCUT2D eigenvalue weighted by atomic mass is 9.87. The largest absolute Gasteiger partial charge is 0.508 e. The molecule has 0 aliphatic carbocycles. The first kappa shape index (κ1) is 23.3. The predicted molar refractivity (Wildman–Crippen MR) is 129 cm³/mol. The third-order valence-electron chi connectivity index (χ3n) is 7.12. The fourth-order valence-corrected chi connectivity index (χ4v) is 5.45. The first-order chi connectivity index (χ1) is 16.4. The van der Waals surface area contributed by atoms with Crippen LogP contribution in [0.2, 0.25) is 5.02 Å². The zero-order chi connectivity index (χ0) is 23.7. The van der Waals surface area contributed by atoms with Gasteiger partial charge in [-0.25, -0.2) is 0 Å². The second kappa shape index (κ2) is 9.64. The molecule has 0 aromatic heterocycles. The molecule has 8 heteroatoms. The Kier molecular flexibility index (Phi) is 6.60. The van der Waals surface area contributed by atoms with Crippen molar-refractivity contribution in [3.8, 4) is 17.2 Å². The molecule has 2 fully saturated rings. The number of aliphatic hydroxyl groups is 1. The maximum absolute atomic E-state index is 12.8. The highest BCUT2D eigenvalue weighted by atomic mass is 35.5. The Morgan fingerprint density at radius 1 is 1.12 bits per heavy atom. The highest BCUT2D eigenvalue weighted by molar-refractivity contribution is 6.30. The number of carbonyl (C=O) groups excluding carboxylic acids is 1. The van der Waals surface area contributed by atoms with Crippen molar-refractivity contribution in [3.63, 3.8) is 0 Å². The SMILES string of the molecule is O=C(c1ccc(O)cc1OC[C@H](O)CN1CCC2(CC1)Cc1cc(Cl)ccc1O2)N1CCCC1. The van der Waals surface area contributed by atoms with Crippen LogP contribution in [0.15, 0.2) is 36.4 Å². The number of phenols is 1. The second-order valence-electron chi connectivity index (χ2n) is 9.66. The van der Waals surface area contributed by atoms with Crippen molar-refractivity contribution in [1.82, 2.24) is 9.80 Å². The molecule has 2 N–H and O–H groups in total. The number of piperidine rings is 1. The Morgan fingerprint density at radius 3 is 2.65 bits per heavy atom. The van der Waals surface area contributed by atoms with E-state index in [1.807, 2.05) is 18.2 Å². The molecule has 3 aliphatic rings. The van der Waals surface area contributed by atoms with Crippen LogP contribution < -0.4 is 9.47 Å². The van der Waals surface area contributed by atoms with Crippen molar-refractivity contribution < 1.29 is 24.5 Å². The topological polar surface area (TPSA) is 82.5 Å². The van der Waals surface area contributed by atoms with Crippen LogP contribution in [-0.2, 0) is 6.42 Å². The van der Waals surface area contributed by atoms with Crippen LogP contribution >= 0.6 is 11.6 Å². The molecule has 0 radical (unpaired) electrons. The van der Waals surface area contributed by atoms with E-state index in [4.69, 9.17) is 21.1 Å². The normalized spacial score (nSPS) is 20.2. The van der Waals surface area contributed by atoms with Crippen molar-refractivity contribution in [2.24, 2.45) is 0 Å². The van der Waals surface area contributed by atoms with E-state index in [1.165, 1.54) is 17.7 Å². The number of amides is 1. The molecule has 182 valence electrons. The number of β-amino-alcohol motifs (C(OH)–C–C–N with tert-alkyl or cyclic N) is 1. The summed E-state index contributed by atoms with van der Waals surface area (Å²) in [6.45, 7) is 3.64. The van der Waals surface area contributed by atoms with E-state index in [-0.39, 0.29) is 23.9 Å². The van der Waals surface area contributed by atoms with Crippen molar-refractivity contribution in [2.45, 2.75) is 43.8 Å². The standard InChI is InChI=1S/C26H31ClN2O5/c27-19-3-6-23-18(13-19)15-26(34-23)7-11-28(12-8-26)16-21(31)17-33-24-14-20(30)4-5-22(24)25(32)29-9-1-2-10-29/h3-6,13-14,21,30-31H,1-2,7-12,15-17H2/t21-/m1/s1. The minimum atomic E-state index is -0.716. The lowest BCUT2D eigenvalue weighted by molar-refractivity contribution is -0.00202. The first-order valence-corrected chi connectivity index (χ1v) is 12.4. The zero-order valence-electron chi connectivity index (χ0n) is 19.2. The molecule has 1 amide bonds. The van der Waals surface area contributed by atoms with Gasteiger partial charge in [0.2, 0.25) is 0 Å². The molecular weight excluding hydrogens is 456 g/mol. The molecule has 3 heterocycles. The summed E-state index contributed by atoms with van der Waals surface area (Å²) in [6, 6.07) is 10.3. The highest BCUT2D eigenvalue weighted by Gasteiger charge is 2.42. The zero-order valence-corrected chi connectivity index (χ0v) is 20.0.